The van der Waals surface area contributed by atoms with Crippen LogP contribution < -0.4 is 0 Å². The number of unbranched alkanes of at least 4 members (excludes halogenated alkanes) is 2. The molecule has 1 aromatic carbocycles. The third-order valence-electron chi connectivity index (χ3n) is 4.89. The molecule has 3 nitrogen and oxygen atoms in total. The number of halogens is 6. The van der Waals surface area contributed by atoms with Gasteiger partial charge in [0.1, 0.15) is 0 Å². The minimum Gasteiger partial charge on any atom is -0.328 e. The first-order valence-corrected chi connectivity index (χ1v) is 10.6. The van der Waals surface area contributed by atoms with Crippen molar-refractivity contribution >= 4 is 0 Å². The molecule has 0 N–H and O–H groups in total. The molecule has 0 bridgehead atoms. The van der Waals surface area contributed by atoms with Crippen LogP contribution in [0.15, 0.2) is 18.2 Å². The summed E-state index contributed by atoms with van der Waals surface area (Å²) in [7, 11) is 0. The van der Waals surface area contributed by atoms with Crippen molar-refractivity contribution in [1.82, 2.24) is 0 Å². The first-order valence-electron chi connectivity index (χ1n) is 10.6. The Labute approximate surface area is 180 Å². The van der Waals surface area contributed by atoms with E-state index in [9.17, 15) is 26.3 Å². The van der Waals surface area contributed by atoms with Gasteiger partial charge in [0.15, 0.2) is 0 Å². The topological polar surface area (TPSA) is 27.7 Å². The Balaban J connectivity index is 2.71. The number of benzene rings is 1. The molecule has 1 rings (SSSR count). The molecule has 1 unspecified atom stereocenters. The SMILES string of the molecule is CCOC(OCC)(OCC)C(C)CCCCCc1cc(C(F)(F)F)cc(C(F)(F)F)c1. The van der Waals surface area contributed by atoms with Crippen LogP contribution in [0.3, 0.4) is 0 Å². The summed E-state index contributed by atoms with van der Waals surface area (Å²) in [6, 6.07) is 1.74. The van der Waals surface area contributed by atoms with E-state index in [-0.39, 0.29) is 24.0 Å². The van der Waals surface area contributed by atoms with Gasteiger partial charge in [-0.05, 0) is 63.8 Å². The maximum atomic E-state index is 13.0. The van der Waals surface area contributed by atoms with Crippen LogP contribution in [-0.4, -0.2) is 25.8 Å². The van der Waals surface area contributed by atoms with Crippen LogP contribution in [0, 0.1) is 5.92 Å². The van der Waals surface area contributed by atoms with Crippen LogP contribution in [0.4, 0.5) is 26.3 Å². The average molecular weight is 458 g/mol. The van der Waals surface area contributed by atoms with Crippen molar-refractivity contribution < 1.29 is 40.6 Å². The third kappa shape index (κ3) is 8.61. The largest absolute Gasteiger partial charge is 0.416 e. The van der Waals surface area contributed by atoms with Crippen LogP contribution in [0.2, 0.25) is 0 Å². The smallest absolute Gasteiger partial charge is 0.328 e. The van der Waals surface area contributed by atoms with Gasteiger partial charge in [-0.1, -0.05) is 19.8 Å². The lowest BCUT2D eigenvalue weighted by molar-refractivity contribution is -0.400. The molecule has 0 aromatic heterocycles. The van der Waals surface area contributed by atoms with Gasteiger partial charge in [-0.25, -0.2) is 0 Å². The van der Waals surface area contributed by atoms with Crippen molar-refractivity contribution in [2.24, 2.45) is 5.92 Å². The van der Waals surface area contributed by atoms with Gasteiger partial charge >= 0.3 is 12.4 Å². The minimum atomic E-state index is -4.83. The van der Waals surface area contributed by atoms with Crippen molar-refractivity contribution in [2.75, 3.05) is 19.8 Å². The van der Waals surface area contributed by atoms with E-state index in [1.165, 1.54) is 0 Å². The second-order valence-corrected chi connectivity index (χ2v) is 7.32. The molecule has 180 valence electrons. The van der Waals surface area contributed by atoms with Crippen molar-refractivity contribution in [1.29, 1.82) is 0 Å². The van der Waals surface area contributed by atoms with Crippen LogP contribution in [0.5, 0.6) is 0 Å². The molecule has 0 amide bonds. The maximum Gasteiger partial charge on any atom is 0.416 e. The normalized spacial score (nSPS) is 14.1. The number of ether oxygens (including phenoxy) is 3. The van der Waals surface area contributed by atoms with Gasteiger partial charge in [0.25, 0.3) is 5.97 Å². The number of rotatable bonds is 13. The fraction of sp³-hybridized carbons (Fsp3) is 0.727. The fourth-order valence-electron chi connectivity index (χ4n) is 3.45. The molecular formula is C22H32F6O3. The van der Waals surface area contributed by atoms with Gasteiger partial charge in [0.05, 0.1) is 11.1 Å². The van der Waals surface area contributed by atoms with Gasteiger partial charge in [-0.2, -0.15) is 26.3 Å². The van der Waals surface area contributed by atoms with Gasteiger partial charge in [0, 0.05) is 25.7 Å². The van der Waals surface area contributed by atoms with Gasteiger partial charge in [-0.15, -0.1) is 0 Å². The Hall–Kier alpha value is -1.32. The molecule has 9 heteroatoms. The Kier molecular flexibility index (Phi) is 10.8. The standard InChI is InChI=1S/C22H32F6O3/c1-5-29-22(30-6-2,31-7-3)16(4)11-9-8-10-12-17-13-18(20(23,24)25)15-19(14-17)21(26,27)28/h13-16H,5-12H2,1-4H3. The van der Waals surface area contributed by atoms with E-state index in [0.29, 0.717) is 45.5 Å². The summed E-state index contributed by atoms with van der Waals surface area (Å²) < 4.78 is 95.0. The molecule has 0 saturated carbocycles. The predicted octanol–water partition coefficient (Wildman–Crippen LogP) is 7.23. The number of aryl methyl sites for hydroxylation is 1. The Bertz CT molecular complexity index is 608. The molecular weight excluding hydrogens is 426 g/mol. The van der Waals surface area contributed by atoms with E-state index in [0.717, 1.165) is 12.1 Å². The zero-order valence-corrected chi connectivity index (χ0v) is 18.5. The lowest BCUT2D eigenvalue weighted by Crippen LogP contribution is -2.45. The summed E-state index contributed by atoms with van der Waals surface area (Å²) in [6.07, 6.45) is -7.02. The summed E-state index contributed by atoms with van der Waals surface area (Å²) in [5.74, 6) is -1.25. The van der Waals surface area contributed by atoms with E-state index in [2.05, 4.69) is 0 Å². The number of hydrogen-bond donors (Lipinski definition) is 0. The second-order valence-electron chi connectivity index (χ2n) is 7.32. The quantitative estimate of drug-likeness (QED) is 0.177. The number of alkyl halides is 6. The molecule has 0 saturated heterocycles. The summed E-state index contributed by atoms with van der Waals surface area (Å²) in [4.78, 5) is 0. The van der Waals surface area contributed by atoms with Gasteiger partial charge in [-0.3, -0.25) is 0 Å². The average Bonchev–Trinajstić information content (AvgIpc) is 2.66. The minimum absolute atomic E-state index is 0.0301. The van der Waals surface area contributed by atoms with Crippen molar-refractivity contribution in [2.45, 2.75) is 78.1 Å². The second kappa shape index (κ2) is 12.1. The fourth-order valence-corrected chi connectivity index (χ4v) is 3.45. The molecule has 1 atom stereocenters. The highest BCUT2D eigenvalue weighted by atomic mass is 19.4. The first kappa shape index (κ1) is 27.7. The van der Waals surface area contributed by atoms with Crippen LogP contribution >= 0.6 is 0 Å². The van der Waals surface area contributed by atoms with Crippen LogP contribution in [0.25, 0.3) is 0 Å². The van der Waals surface area contributed by atoms with Crippen LogP contribution in [-0.2, 0) is 33.0 Å². The summed E-state index contributed by atoms with van der Waals surface area (Å²) in [5, 5.41) is 0. The molecule has 0 aliphatic rings. The molecule has 0 heterocycles. The van der Waals surface area contributed by atoms with Crippen molar-refractivity contribution in [3.05, 3.63) is 34.9 Å². The van der Waals surface area contributed by atoms with E-state index >= 15 is 0 Å². The molecule has 0 aliphatic heterocycles. The molecule has 0 fully saturated rings. The maximum absolute atomic E-state index is 13.0. The Morgan fingerprint density at radius 1 is 0.710 bits per heavy atom. The summed E-state index contributed by atoms with van der Waals surface area (Å²) >= 11 is 0. The molecule has 0 spiro atoms. The lowest BCUT2D eigenvalue weighted by Gasteiger charge is -2.37. The third-order valence-corrected chi connectivity index (χ3v) is 4.89. The summed E-state index contributed by atoms with van der Waals surface area (Å²) in [6.45, 7) is 8.66. The summed E-state index contributed by atoms with van der Waals surface area (Å²) in [5.41, 5.74) is -2.52. The van der Waals surface area contributed by atoms with E-state index in [4.69, 9.17) is 14.2 Å². The monoisotopic (exact) mass is 458 g/mol. The highest BCUT2D eigenvalue weighted by Gasteiger charge is 2.39. The van der Waals surface area contributed by atoms with Gasteiger partial charge in [0.2, 0.25) is 0 Å². The van der Waals surface area contributed by atoms with E-state index in [1.54, 1.807) is 0 Å². The number of hydrogen-bond acceptors (Lipinski definition) is 3. The van der Waals surface area contributed by atoms with E-state index < -0.39 is 29.5 Å². The van der Waals surface area contributed by atoms with E-state index in [1.807, 2.05) is 27.7 Å². The van der Waals surface area contributed by atoms with Crippen molar-refractivity contribution in [3.63, 3.8) is 0 Å². The highest BCUT2D eigenvalue weighted by Crippen LogP contribution is 2.37. The molecule has 31 heavy (non-hydrogen) atoms. The Morgan fingerprint density at radius 2 is 1.16 bits per heavy atom. The predicted molar refractivity (Wildman–Crippen MR) is 105 cm³/mol. The zero-order chi connectivity index (χ0) is 23.7. The molecule has 0 aliphatic carbocycles. The van der Waals surface area contributed by atoms with Gasteiger partial charge < -0.3 is 14.2 Å². The lowest BCUT2D eigenvalue weighted by atomic mass is 9.97. The highest BCUT2D eigenvalue weighted by molar-refractivity contribution is 5.33. The van der Waals surface area contributed by atoms with Crippen molar-refractivity contribution in [3.8, 4) is 0 Å². The Morgan fingerprint density at radius 3 is 1.55 bits per heavy atom. The first-order chi connectivity index (χ1) is 14.4. The zero-order valence-electron chi connectivity index (χ0n) is 18.5. The molecule has 1 aromatic rings. The molecule has 0 radical (unpaired) electrons. The van der Waals surface area contributed by atoms with Crippen LogP contribution in [0.1, 0.15) is 70.1 Å².